The number of amides is 1. The van der Waals surface area contributed by atoms with Crippen molar-refractivity contribution in [2.75, 3.05) is 5.32 Å². The maximum absolute atomic E-state index is 12.4. The second kappa shape index (κ2) is 6.45. The number of rotatable bonds is 3. The standard InChI is InChI=1S/C18H17ClN4O/c1-11-5-4-6-17(13(11)3)23-10-16(21-22-23)18(24)20-15-9-14(19)8-7-12(15)2/h4-10H,1-3H3,(H,20,24). The zero-order valence-electron chi connectivity index (χ0n) is 13.7. The minimum atomic E-state index is -0.322. The Morgan fingerprint density at radius 3 is 2.71 bits per heavy atom. The van der Waals surface area contributed by atoms with Gasteiger partial charge in [0, 0.05) is 10.7 Å². The number of halogens is 1. The molecule has 0 spiro atoms. The monoisotopic (exact) mass is 340 g/mol. The highest BCUT2D eigenvalue weighted by Gasteiger charge is 2.14. The lowest BCUT2D eigenvalue weighted by atomic mass is 10.1. The minimum Gasteiger partial charge on any atom is -0.320 e. The molecule has 5 nitrogen and oxygen atoms in total. The molecule has 1 heterocycles. The molecule has 0 atom stereocenters. The minimum absolute atomic E-state index is 0.246. The van der Waals surface area contributed by atoms with Crippen LogP contribution in [0.15, 0.2) is 42.6 Å². The average molecular weight is 341 g/mol. The number of carbonyl (C=O) groups excluding carboxylic acids is 1. The Bertz CT molecular complexity index is 917. The Balaban J connectivity index is 1.86. The van der Waals surface area contributed by atoms with Crippen LogP contribution in [-0.2, 0) is 0 Å². The SMILES string of the molecule is Cc1ccc(Cl)cc1NC(=O)c1cn(-c2cccc(C)c2C)nn1. The van der Waals surface area contributed by atoms with Gasteiger partial charge in [0.25, 0.3) is 5.91 Å². The third-order valence-corrected chi connectivity index (χ3v) is 4.23. The Morgan fingerprint density at radius 2 is 1.92 bits per heavy atom. The van der Waals surface area contributed by atoms with E-state index in [-0.39, 0.29) is 11.6 Å². The van der Waals surface area contributed by atoms with E-state index in [1.165, 1.54) is 0 Å². The van der Waals surface area contributed by atoms with Gasteiger partial charge in [-0.1, -0.05) is 35.0 Å². The Labute approximate surface area is 145 Å². The van der Waals surface area contributed by atoms with Crippen molar-refractivity contribution in [2.24, 2.45) is 0 Å². The zero-order valence-corrected chi connectivity index (χ0v) is 14.4. The number of hydrogen-bond acceptors (Lipinski definition) is 3. The molecule has 0 aliphatic carbocycles. The number of nitrogens with zero attached hydrogens (tertiary/aromatic N) is 3. The third kappa shape index (κ3) is 3.16. The Kier molecular flexibility index (Phi) is 4.36. The van der Waals surface area contributed by atoms with Gasteiger partial charge in [-0.2, -0.15) is 0 Å². The van der Waals surface area contributed by atoms with E-state index in [1.54, 1.807) is 23.0 Å². The molecule has 0 fully saturated rings. The lowest BCUT2D eigenvalue weighted by Crippen LogP contribution is -2.13. The Morgan fingerprint density at radius 1 is 1.12 bits per heavy atom. The Hall–Kier alpha value is -2.66. The lowest BCUT2D eigenvalue weighted by molar-refractivity contribution is 0.102. The summed E-state index contributed by atoms with van der Waals surface area (Å²) in [5, 5.41) is 11.4. The fourth-order valence-electron chi connectivity index (χ4n) is 2.38. The molecule has 0 radical (unpaired) electrons. The number of nitrogens with one attached hydrogen (secondary N) is 1. The van der Waals surface area contributed by atoms with Gasteiger partial charge in [0.05, 0.1) is 11.9 Å². The van der Waals surface area contributed by atoms with Gasteiger partial charge in [0.1, 0.15) is 0 Å². The maximum atomic E-state index is 12.4. The summed E-state index contributed by atoms with van der Waals surface area (Å²) in [6.45, 7) is 5.95. The molecule has 1 N–H and O–H groups in total. The van der Waals surface area contributed by atoms with Gasteiger partial charge >= 0.3 is 0 Å². The van der Waals surface area contributed by atoms with Crippen molar-refractivity contribution in [3.8, 4) is 5.69 Å². The van der Waals surface area contributed by atoms with Gasteiger partial charge in [0.15, 0.2) is 5.69 Å². The first-order valence-corrected chi connectivity index (χ1v) is 7.90. The van der Waals surface area contributed by atoms with E-state index in [4.69, 9.17) is 11.6 Å². The highest BCUT2D eigenvalue weighted by atomic mass is 35.5. The van der Waals surface area contributed by atoms with Crippen LogP contribution in [0, 0.1) is 20.8 Å². The summed E-state index contributed by atoms with van der Waals surface area (Å²) in [6, 6.07) is 11.3. The summed E-state index contributed by atoms with van der Waals surface area (Å²) in [6.07, 6.45) is 1.62. The predicted octanol–water partition coefficient (Wildman–Crippen LogP) is 4.10. The number of aromatic nitrogens is 3. The van der Waals surface area contributed by atoms with Crippen molar-refractivity contribution in [1.82, 2.24) is 15.0 Å². The normalized spacial score (nSPS) is 10.7. The van der Waals surface area contributed by atoms with Gasteiger partial charge in [-0.3, -0.25) is 4.79 Å². The van der Waals surface area contributed by atoms with Crippen LogP contribution < -0.4 is 5.32 Å². The van der Waals surface area contributed by atoms with E-state index >= 15 is 0 Å². The molecular formula is C18H17ClN4O. The van der Waals surface area contributed by atoms with Crippen molar-refractivity contribution >= 4 is 23.2 Å². The van der Waals surface area contributed by atoms with Gasteiger partial charge in [0.2, 0.25) is 0 Å². The summed E-state index contributed by atoms with van der Waals surface area (Å²) in [7, 11) is 0. The highest BCUT2D eigenvalue weighted by molar-refractivity contribution is 6.31. The van der Waals surface area contributed by atoms with E-state index in [1.807, 2.05) is 45.0 Å². The van der Waals surface area contributed by atoms with Crippen molar-refractivity contribution in [2.45, 2.75) is 20.8 Å². The molecule has 122 valence electrons. The van der Waals surface area contributed by atoms with E-state index < -0.39 is 0 Å². The number of aryl methyl sites for hydroxylation is 2. The van der Waals surface area contributed by atoms with E-state index in [0.717, 1.165) is 22.4 Å². The van der Waals surface area contributed by atoms with E-state index in [9.17, 15) is 4.79 Å². The summed E-state index contributed by atoms with van der Waals surface area (Å²) >= 11 is 5.98. The number of hydrogen-bond donors (Lipinski definition) is 1. The molecule has 3 rings (SSSR count). The van der Waals surface area contributed by atoms with Gasteiger partial charge < -0.3 is 5.32 Å². The molecule has 0 aliphatic rings. The summed E-state index contributed by atoms with van der Waals surface area (Å²) in [4.78, 5) is 12.4. The molecule has 6 heteroatoms. The van der Waals surface area contributed by atoms with Crippen molar-refractivity contribution in [3.63, 3.8) is 0 Å². The van der Waals surface area contributed by atoms with Crippen molar-refractivity contribution < 1.29 is 4.79 Å². The second-order valence-corrected chi connectivity index (χ2v) is 6.12. The molecule has 2 aromatic carbocycles. The summed E-state index contributed by atoms with van der Waals surface area (Å²) < 4.78 is 1.61. The van der Waals surface area contributed by atoms with Crippen LogP contribution in [0.2, 0.25) is 5.02 Å². The number of anilines is 1. The summed E-state index contributed by atoms with van der Waals surface area (Å²) in [5.41, 5.74) is 4.99. The maximum Gasteiger partial charge on any atom is 0.277 e. The first-order chi connectivity index (χ1) is 11.5. The second-order valence-electron chi connectivity index (χ2n) is 5.68. The molecule has 1 amide bonds. The van der Waals surface area contributed by atoms with E-state index in [0.29, 0.717) is 10.7 Å². The lowest BCUT2D eigenvalue weighted by Gasteiger charge is -2.07. The van der Waals surface area contributed by atoms with Crippen LogP contribution in [0.25, 0.3) is 5.69 Å². The highest BCUT2D eigenvalue weighted by Crippen LogP contribution is 2.21. The smallest absolute Gasteiger partial charge is 0.277 e. The number of benzene rings is 2. The first-order valence-electron chi connectivity index (χ1n) is 7.52. The predicted molar refractivity (Wildman–Crippen MR) is 95.0 cm³/mol. The van der Waals surface area contributed by atoms with Crippen LogP contribution in [0.3, 0.4) is 0 Å². The topological polar surface area (TPSA) is 59.8 Å². The quantitative estimate of drug-likeness (QED) is 0.781. The fourth-order valence-corrected chi connectivity index (χ4v) is 2.56. The van der Waals surface area contributed by atoms with Crippen LogP contribution in [0.1, 0.15) is 27.2 Å². The molecule has 0 saturated heterocycles. The van der Waals surface area contributed by atoms with Crippen LogP contribution in [-0.4, -0.2) is 20.9 Å². The van der Waals surface area contributed by atoms with Crippen molar-refractivity contribution in [1.29, 1.82) is 0 Å². The van der Waals surface area contributed by atoms with Crippen molar-refractivity contribution in [3.05, 3.63) is 70.0 Å². The fraction of sp³-hybridized carbons (Fsp3) is 0.167. The first kappa shape index (κ1) is 16.2. The largest absolute Gasteiger partial charge is 0.320 e. The van der Waals surface area contributed by atoms with Crippen LogP contribution >= 0.6 is 11.6 Å². The molecule has 0 aliphatic heterocycles. The molecule has 0 unspecified atom stereocenters. The molecule has 1 aromatic heterocycles. The number of carbonyl (C=O) groups is 1. The molecule has 24 heavy (non-hydrogen) atoms. The van der Waals surface area contributed by atoms with E-state index in [2.05, 4.69) is 15.6 Å². The zero-order chi connectivity index (χ0) is 17.3. The van der Waals surface area contributed by atoms with Gasteiger partial charge in [-0.15, -0.1) is 5.10 Å². The molecule has 0 bridgehead atoms. The van der Waals surface area contributed by atoms with Crippen LogP contribution in [0.5, 0.6) is 0 Å². The summed E-state index contributed by atoms with van der Waals surface area (Å²) in [5.74, 6) is -0.322. The molecule has 3 aromatic rings. The average Bonchev–Trinajstić information content (AvgIpc) is 3.03. The van der Waals surface area contributed by atoms with Gasteiger partial charge in [-0.25, -0.2) is 4.68 Å². The third-order valence-electron chi connectivity index (χ3n) is 4.00. The van der Waals surface area contributed by atoms with Crippen LogP contribution in [0.4, 0.5) is 5.69 Å². The molecule has 0 saturated carbocycles. The van der Waals surface area contributed by atoms with Gasteiger partial charge in [-0.05, 0) is 55.7 Å². The molecular weight excluding hydrogens is 324 g/mol.